The number of benzene rings is 2. The van der Waals surface area contributed by atoms with Crippen molar-refractivity contribution in [2.75, 3.05) is 6.61 Å². The molecule has 0 bridgehead atoms. The van der Waals surface area contributed by atoms with Crippen molar-refractivity contribution in [2.24, 2.45) is 0 Å². The summed E-state index contributed by atoms with van der Waals surface area (Å²) in [5, 5.41) is 0.607. The van der Waals surface area contributed by atoms with Crippen LogP contribution in [0.25, 0.3) is 11.0 Å². The Balaban J connectivity index is 1.69. The first-order valence-electron chi connectivity index (χ1n) is 7.95. The lowest BCUT2D eigenvalue weighted by Gasteiger charge is -2.08. The van der Waals surface area contributed by atoms with Gasteiger partial charge in [-0.25, -0.2) is 4.79 Å². The summed E-state index contributed by atoms with van der Waals surface area (Å²) in [6.07, 6.45) is 0. The van der Waals surface area contributed by atoms with E-state index in [-0.39, 0.29) is 5.56 Å². The second-order valence-electron chi connectivity index (χ2n) is 5.35. The molecule has 0 aliphatic heterocycles. The van der Waals surface area contributed by atoms with Gasteiger partial charge >= 0.3 is 5.63 Å². The molecule has 0 radical (unpaired) electrons. The molecule has 0 aliphatic carbocycles. The molecule has 1 aromatic heterocycles. The molecular formula is C19H16N2O5. The Morgan fingerprint density at radius 3 is 2.42 bits per heavy atom. The average Bonchev–Trinajstić information content (AvgIpc) is 2.66. The third-order valence-corrected chi connectivity index (χ3v) is 3.60. The summed E-state index contributed by atoms with van der Waals surface area (Å²) < 4.78 is 10.4. The summed E-state index contributed by atoms with van der Waals surface area (Å²) in [4.78, 5) is 36.2. The molecule has 0 unspecified atom stereocenters. The summed E-state index contributed by atoms with van der Waals surface area (Å²) in [5.41, 5.74) is 4.21. The predicted octanol–water partition coefficient (Wildman–Crippen LogP) is 2.27. The molecule has 7 nitrogen and oxygen atoms in total. The molecule has 0 atom stereocenters. The first-order chi connectivity index (χ1) is 12.6. The number of hydrogen-bond donors (Lipinski definition) is 2. The lowest BCUT2D eigenvalue weighted by Crippen LogP contribution is -2.43. The van der Waals surface area contributed by atoms with E-state index in [4.69, 9.17) is 9.15 Å². The van der Waals surface area contributed by atoms with Crippen LogP contribution in [0.3, 0.4) is 0 Å². The van der Waals surface area contributed by atoms with Crippen LogP contribution >= 0.6 is 0 Å². The summed E-state index contributed by atoms with van der Waals surface area (Å²) in [6, 6.07) is 14.7. The number of hydrazine groups is 1. The molecule has 2 amide bonds. The van der Waals surface area contributed by atoms with Crippen LogP contribution in [-0.4, -0.2) is 18.4 Å². The Labute approximate surface area is 148 Å². The minimum absolute atomic E-state index is 0.198. The highest BCUT2D eigenvalue weighted by atomic mass is 16.5. The molecule has 0 saturated carbocycles. The molecule has 3 rings (SSSR count). The Morgan fingerprint density at radius 2 is 1.69 bits per heavy atom. The minimum atomic E-state index is -0.781. The number of ether oxygens (including phenoxy) is 1. The quantitative estimate of drug-likeness (QED) is 0.554. The highest BCUT2D eigenvalue weighted by molar-refractivity contribution is 6.00. The van der Waals surface area contributed by atoms with Gasteiger partial charge in [0.15, 0.2) is 0 Å². The number of amides is 2. The molecule has 3 aromatic rings. The first kappa shape index (κ1) is 17.2. The van der Waals surface area contributed by atoms with Crippen molar-refractivity contribution >= 4 is 22.8 Å². The number of para-hydroxylation sites is 1. The SMILES string of the molecule is CCOc1ccc(C(=O)NNC(=O)c2cc3ccccc3oc2=O)cc1. The zero-order valence-electron chi connectivity index (χ0n) is 13.9. The Hall–Kier alpha value is -3.61. The third-order valence-electron chi connectivity index (χ3n) is 3.60. The van der Waals surface area contributed by atoms with Gasteiger partial charge in [-0.05, 0) is 43.3 Å². The molecular weight excluding hydrogens is 336 g/mol. The van der Waals surface area contributed by atoms with Crippen LogP contribution in [0.15, 0.2) is 63.8 Å². The van der Waals surface area contributed by atoms with E-state index in [2.05, 4.69) is 10.9 Å². The predicted molar refractivity (Wildman–Crippen MR) is 95.0 cm³/mol. The van der Waals surface area contributed by atoms with Gasteiger partial charge in [0, 0.05) is 10.9 Å². The van der Waals surface area contributed by atoms with Crippen molar-refractivity contribution in [2.45, 2.75) is 6.92 Å². The van der Waals surface area contributed by atoms with Gasteiger partial charge in [0.25, 0.3) is 11.8 Å². The van der Waals surface area contributed by atoms with Gasteiger partial charge < -0.3 is 9.15 Å². The monoisotopic (exact) mass is 352 g/mol. The standard InChI is InChI=1S/C19H16N2O5/c1-2-25-14-9-7-12(8-10-14)17(22)20-21-18(23)15-11-13-5-3-4-6-16(13)26-19(15)24/h3-11H,2H2,1H3,(H,20,22)(H,21,23). The van der Waals surface area contributed by atoms with E-state index in [0.717, 1.165) is 0 Å². The zero-order valence-corrected chi connectivity index (χ0v) is 13.9. The molecule has 1 heterocycles. The summed E-state index contributed by atoms with van der Waals surface area (Å²) in [7, 11) is 0. The van der Waals surface area contributed by atoms with Crippen LogP contribution < -0.4 is 21.2 Å². The van der Waals surface area contributed by atoms with Crippen molar-refractivity contribution in [1.82, 2.24) is 10.9 Å². The summed E-state index contributed by atoms with van der Waals surface area (Å²) in [6.45, 7) is 2.38. The Morgan fingerprint density at radius 1 is 1.00 bits per heavy atom. The fraction of sp³-hybridized carbons (Fsp3) is 0.105. The van der Waals surface area contributed by atoms with Crippen molar-refractivity contribution in [3.63, 3.8) is 0 Å². The van der Waals surface area contributed by atoms with Crippen molar-refractivity contribution in [3.8, 4) is 5.75 Å². The molecule has 132 valence electrons. The molecule has 0 fully saturated rings. The fourth-order valence-corrected chi connectivity index (χ4v) is 2.34. The maximum Gasteiger partial charge on any atom is 0.349 e. The van der Waals surface area contributed by atoms with E-state index in [1.54, 1.807) is 48.5 Å². The molecule has 26 heavy (non-hydrogen) atoms. The number of rotatable bonds is 4. The van der Waals surface area contributed by atoms with E-state index < -0.39 is 17.4 Å². The Bertz CT molecular complexity index is 1010. The molecule has 0 spiro atoms. The molecule has 0 aliphatic rings. The maximum absolute atomic E-state index is 12.2. The number of nitrogens with one attached hydrogen (secondary N) is 2. The topological polar surface area (TPSA) is 97.6 Å². The van der Waals surface area contributed by atoms with E-state index in [9.17, 15) is 14.4 Å². The number of carbonyl (C=O) groups is 2. The van der Waals surface area contributed by atoms with Gasteiger partial charge in [0.2, 0.25) is 0 Å². The van der Waals surface area contributed by atoms with E-state index in [0.29, 0.717) is 28.9 Å². The first-order valence-corrected chi connectivity index (χ1v) is 7.95. The minimum Gasteiger partial charge on any atom is -0.494 e. The van der Waals surface area contributed by atoms with Crippen LogP contribution in [0.2, 0.25) is 0 Å². The van der Waals surface area contributed by atoms with E-state index >= 15 is 0 Å². The van der Waals surface area contributed by atoms with Gasteiger partial charge in [-0.3, -0.25) is 20.4 Å². The zero-order chi connectivity index (χ0) is 18.5. The van der Waals surface area contributed by atoms with Gasteiger partial charge in [-0.2, -0.15) is 0 Å². The Kier molecular flexibility index (Phi) is 4.98. The molecule has 7 heteroatoms. The highest BCUT2D eigenvalue weighted by Crippen LogP contribution is 2.13. The molecule has 2 N–H and O–H groups in total. The lowest BCUT2D eigenvalue weighted by molar-refractivity contribution is 0.0844. The normalized spacial score (nSPS) is 10.3. The average molecular weight is 352 g/mol. The molecule has 0 saturated heterocycles. The summed E-state index contributed by atoms with van der Waals surface area (Å²) in [5.74, 6) is -0.641. The van der Waals surface area contributed by atoms with Crippen LogP contribution in [0, 0.1) is 0 Å². The van der Waals surface area contributed by atoms with Crippen molar-refractivity contribution in [3.05, 3.63) is 76.1 Å². The highest BCUT2D eigenvalue weighted by Gasteiger charge is 2.15. The van der Waals surface area contributed by atoms with Crippen LogP contribution in [0.4, 0.5) is 0 Å². The smallest absolute Gasteiger partial charge is 0.349 e. The summed E-state index contributed by atoms with van der Waals surface area (Å²) >= 11 is 0. The third kappa shape index (κ3) is 3.72. The number of hydrogen-bond acceptors (Lipinski definition) is 5. The number of carbonyl (C=O) groups excluding carboxylic acids is 2. The van der Waals surface area contributed by atoms with Crippen molar-refractivity contribution < 1.29 is 18.7 Å². The van der Waals surface area contributed by atoms with Gasteiger partial charge in [0.05, 0.1) is 6.61 Å². The maximum atomic E-state index is 12.2. The van der Waals surface area contributed by atoms with Crippen LogP contribution in [0.1, 0.15) is 27.6 Å². The second-order valence-corrected chi connectivity index (χ2v) is 5.35. The lowest BCUT2D eigenvalue weighted by atomic mass is 10.2. The van der Waals surface area contributed by atoms with Gasteiger partial charge in [0.1, 0.15) is 16.9 Å². The second kappa shape index (κ2) is 7.52. The van der Waals surface area contributed by atoms with Crippen LogP contribution in [-0.2, 0) is 0 Å². The van der Waals surface area contributed by atoms with Gasteiger partial charge in [-0.1, -0.05) is 18.2 Å². The largest absolute Gasteiger partial charge is 0.494 e. The van der Waals surface area contributed by atoms with Crippen molar-refractivity contribution in [1.29, 1.82) is 0 Å². The van der Waals surface area contributed by atoms with Gasteiger partial charge in [-0.15, -0.1) is 0 Å². The van der Waals surface area contributed by atoms with E-state index in [1.807, 2.05) is 6.92 Å². The van der Waals surface area contributed by atoms with Crippen LogP contribution in [0.5, 0.6) is 5.75 Å². The van der Waals surface area contributed by atoms with E-state index in [1.165, 1.54) is 6.07 Å². The fourth-order valence-electron chi connectivity index (χ4n) is 2.34. The molecule has 2 aromatic carbocycles. The number of fused-ring (bicyclic) bond motifs is 1.